The van der Waals surface area contributed by atoms with Gasteiger partial charge in [-0.1, -0.05) is 25.6 Å². The van der Waals surface area contributed by atoms with Crippen molar-refractivity contribution in [2.45, 2.75) is 46.3 Å². The number of hydrogen-bond acceptors (Lipinski definition) is 10. The topological polar surface area (TPSA) is 128 Å². The zero-order chi connectivity index (χ0) is 30.8. The standard InChI is InChI=1S/C31H37N7O5.CH4/c1-19(2)43-30(39)22-16-32-31(34-29(22)23-18-37(5)25-12-8-7-11-21(23)25)33-24-14-27(38(40)41)26(15-28(24)42-6)36(4)17-20-10-9-13-35(20)3;/h7-8,11-12,14-16,18-20H,9-10,13,17H2,1-6H3,(H,32,33,34);1H4/t20-;/m0./s1. The van der Waals surface area contributed by atoms with E-state index in [1.807, 2.05) is 54.0 Å². The normalized spacial score (nSPS) is 14.8. The van der Waals surface area contributed by atoms with Crippen molar-refractivity contribution in [1.82, 2.24) is 19.4 Å². The minimum atomic E-state index is -0.544. The number of likely N-dealkylation sites (N-methyl/N-ethyl adjacent to an activating group) is 2. The van der Waals surface area contributed by atoms with E-state index in [0.717, 1.165) is 35.9 Å². The van der Waals surface area contributed by atoms with Crippen molar-refractivity contribution in [2.24, 2.45) is 7.05 Å². The summed E-state index contributed by atoms with van der Waals surface area (Å²) in [6.45, 7) is 5.22. The van der Waals surface area contributed by atoms with E-state index in [4.69, 9.17) is 14.5 Å². The third kappa shape index (κ3) is 6.45. The van der Waals surface area contributed by atoms with Gasteiger partial charge in [-0.05, 0) is 46.3 Å². The summed E-state index contributed by atoms with van der Waals surface area (Å²) in [4.78, 5) is 38.2. The van der Waals surface area contributed by atoms with Gasteiger partial charge in [-0.3, -0.25) is 10.1 Å². The summed E-state index contributed by atoms with van der Waals surface area (Å²) in [7, 11) is 7.36. The first-order valence-corrected chi connectivity index (χ1v) is 14.2. The van der Waals surface area contributed by atoms with Crippen LogP contribution >= 0.6 is 0 Å². The van der Waals surface area contributed by atoms with Gasteiger partial charge >= 0.3 is 5.97 Å². The highest BCUT2D eigenvalue weighted by Gasteiger charge is 2.28. The van der Waals surface area contributed by atoms with Gasteiger partial charge in [0.15, 0.2) is 0 Å². The van der Waals surface area contributed by atoms with Crippen LogP contribution in [-0.2, 0) is 11.8 Å². The third-order valence-corrected chi connectivity index (χ3v) is 7.81. The van der Waals surface area contributed by atoms with Crippen molar-refractivity contribution in [1.29, 1.82) is 0 Å². The van der Waals surface area contributed by atoms with E-state index in [9.17, 15) is 14.9 Å². The summed E-state index contributed by atoms with van der Waals surface area (Å²) in [5.41, 5.74) is 2.99. The number of para-hydroxylation sites is 1. The molecule has 0 unspecified atom stereocenters. The van der Waals surface area contributed by atoms with Gasteiger partial charge < -0.3 is 29.2 Å². The Labute approximate surface area is 257 Å². The SMILES string of the molecule is C.COc1cc(N(C)C[C@@H]2CCCN2C)c([N+](=O)[O-])cc1Nc1ncc(C(=O)OC(C)C)c(-c2cn(C)c3ccccc23)n1. The lowest BCUT2D eigenvalue weighted by atomic mass is 10.1. The van der Waals surface area contributed by atoms with Crippen molar-refractivity contribution in [3.8, 4) is 17.0 Å². The maximum absolute atomic E-state index is 13.1. The second-order valence-corrected chi connectivity index (χ2v) is 11.2. The van der Waals surface area contributed by atoms with E-state index in [1.165, 1.54) is 19.4 Å². The molecule has 0 saturated carbocycles. The maximum Gasteiger partial charge on any atom is 0.342 e. The molecule has 4 aromatic rings. The Bertz CT molecular complexity index is 1670. The smallest absolute Gasteiger partial charge is 0.342 e. The van der Waals surface area contributed by atoms with Crippen molar-refractivity contribution in [3.05, 3.63) is 64.5 Å². The Hall–Kier alpha value is -4.71. The third-order valence-electron chi connectivity index (χ3n) is 7.81. The van der Waals surface area contributed by atoms with Crippen LogP contribution in [0.2, 0.25) is 0 Å². The molecule has 0 radical (unpaired) electrons. The first kappa shape index (κ1) is 32.2. The molecule has 1 atom stereocenters. The molecule has 0 aliphatic carbocycles. The first-order chi connectivity index (χ1) is 20.6. The van der Waals surface area contributed by atoms with E-state index in [2.05, 4.69) is 22.2 Å². The van der Waals surface area contributed by atoms with Crippen LogP contribution in [0.3, 0.4) is 0 Å². The Morgan fingerprint density at radius 3 is 2.66 bits per heavy atom. The number of esters is 1. The van der Waals surface area contributed by atoms with Crippen molar-refractivity contribution in [3.63, 3.8) is 0 Å². The van der Waals surface area contributed by atoms with E-state index in [0.29, 0.717) is 35.4 Å². The Kier molecular flexibility index (Phi) is 9.73. The summed E-state index contributed by atoms with van der Waals surface area (Å²) in [5.74, 6) is -0.00542. The number of benzene rings is 2. The number of methoxy groups -OCH3 is 1. The number of fused-ring (bicyclic) bond motifs is 1. The van der Waals surface area contributed by atoms with Crippen LogP contribution in [0.1, 0.15) is 44.5 Å². The molecule has 1 aliphatic rings. The minimum Gasteiger partial charge on any atom is -0.494 e. The molecule has 2 aromatic heterocycles. The molecular formula is C32H41N7O5. The van der Waals surface area contributed by atoms with E-state index < -0.39 is 10.9 Å². The highest BCUT2D eigenvalue weighted by Crippen LogP contribution is 2.40. The molecule has 1 fully saturated rings. The molecule has 12 heteroatoms. The van der Waals surface area contributed by atoms with Gasteiger partial charge in [0.05, 0.1) is 29.5 Å². The molecule has 12 nitrogen and oxygen atoms in total. The number of rotatable bonds is 10. The van der Waals surface area contributed by atoms with Gasteiger partial charge in [0.1, 0.15) is 17.0 Å². The van der Waals surface area contributed by atoms with Crippen molar-refractivity contribution >= 4 is 39.9 Å². The van der Waals surface area contributed by atoms with Gasteiger partial charge in [-0.25, -0.2) is 14.8 Å². The molecule has 5 rings (SSSR count). The number of anilines is 3. The van der Waals surface area contributed by atoms with Gasteiger partial charge in [-0.15, -0.1) is 0 Å². The number of aryl methyl sites for hydroxylation is 1. The fraction of sp³-hybridized carbons (Fsp3) is 0.406. The summed E-state index contributed by atoms with van der Waals surface area (Å²) in [5, 5.41) is 16.2. The lowest BCUT2D eigenvalue weighted by Crippen LogP contribution is -2.36. The maximum atomic E-state index is 13.1. The monoisotopic (exact) mass is 603 g/mol. The van der Waals surface area contributed by atoms with Crippen LogP contribution in [0, 0.1) is 10.1 Å². The molecule has 1 saturated heterocycles. The number of nitro benzene ring substituents is 1. The molecule has 0 bridgehead atoms. The lowest BCUT2D eigenvalue weighted by Gasteiger charge is -2.27. The quantitative estimate of drug-likeness (QED) is 0.130. The van der Waals surface area contributed by atoms with Crippen LogP contribution < -0.4 is 15.0 Å². The number of aromatic nitrogens is 3. The Morgan fingerprint density at radius 1 is 1.25 bits per heavy atom. The van der Waals surface area contributed by atoms with Crippen LogP contribution in [0.25, 0.3) is 22.2 Å². The molecule has 44 heavy (non-hydrogen) atoms. The van der Waals surface area contributed by atoms with Crippen LogP contribution in [-0.4, -0.2) is 76.8 Å². The Morgan fingerprint density at radius 2 is 2.00 bits per heavy atom. The fourth-order valence-corrected chi connectivity index (χ4v) is 5.63. The van der Waals surface area contributed by atoms with Gasteiger partial charge in [0.2, 0.25) is 5.95 Å². The molecule has 0 amide bonds. The first-order valence-electron chi connectivity index (χ1n) is 14.2. The number of nitro groups is 1. The average molecular weight is 604 g/mol. The summed E-state index contributed by atoms with van der Waals surface area (Å²) < 4.78 is 13.1. The molecule has 234 valence electrons. The number of likely N-dealkylation sites (tertiary alicyclic amines) is 1. The molecule has 1 aliphatic heterocycles. The van der Waals surface area contributed by atoms with E-state index in [-0.39, 0.29) is 30.7 Å². The number of nitrogens with one attached hydrogen (secondary N) is 1. The number of carbonyl (C=O) groups is 1. The zero-order valence-corrected chi connectivity index (χ0v) is 25.3. The molecule has 3 heterocycles. The highest BCUT2D eigenvalue weighted by molar-refractivity contribution is 6.03. The van der Waals surface area contributed by atoms with E-state index >= 15 is 0 Å². The van der Waals surface area contributed by atoms with Crippen molar-refractivity contribution in [2.75, 3.05) is 44.5 Å². The largest absolute Gasteiger partial charge is 0.494 e. The molecule has 1 N–H and O–H groups in total. The fourth-order valence-electron chi connectivity index (χ4n) is 5.63. The predicted octanol–water partition coefficient (Wildman–Crippen LogP) is 6.03. The number of carbonyl (C=O) groups excluding carboxylic acids is 1. The van der Waals surface area contributed by atoms with Crippen LogP contribution in [0.4, 0.5) is 23.0 Å². The van der Waals surface area contributed by atoms with E-state index in [1.54, 1.807) is 19.9 Å². The molecular weight excluding hydrogens is 562 g/mol. The second-order valence-electron chi connectivity index (χ2n) is 11.2. The summed E-state index contributed by atoms with van der Waals surface area (Å²) in [6.07, 6.45) is 5.14. The number of nitrogens with zero attached hydrogens (tertiary/aromatic N) is 6. The van der Waals surface area contributed by atoms with Gasteiger partial charge in [0.25, 0.3) is 5.69 Å². The Balaban J connectivity index is 0.00000442. The number of ether oxygens (including phenoxy) is 2. The van der Waals surface area contributed by atoms with Crippen LogP contribution in [0.5, 0.6) is 5.75 Å². The second kappa shape index (κ2) is 13.3. The van der Waals surface area contributed by atoms with Crippen molar-refractivity contribution < 1.29 is 19.2 Å². The molecule has 2 aromatic carbocycles. The lowest BCUT2D eigenvalue weighted by molar-refractivity contribution is -0.384. The number of hydrogen-bond donors (Lipinski definition) is 1. The highest BCUT2D eigenvalue weighted by atomic mass is 16.6. The zero-order valence-electron chi connectivity index (χ0n) is 25.3. The van der Waals surface area contributed by atoms with Crippen LogP contribution in [0.15, 0.2) is 48.8 Å². The molecule has 0 spiro atoms. The predicted molar refractivity (Wildman–Crippen MR) is 173 cm³/mol. The van der Waals surface area contributed by atoms with Gasteiger partial charge in [0, 0.05) is 67.7 Å². The average Bonchev–Trinajstić information content (AvgIpc) is 3.54. The summed E-state index contributed by atoms with van der Waals surface area (Å²) >= 11 is 0. The summed E-state index contributed by atoms with van der Waals surface area (Å²) in [6, 6.07) is 11.2. The van der Waals surface area contributed by atoms with Gasteiger partial charge in [-0.2, -0.15) is 0 Å². The minimum absolute atomic E-state index is 0.